The second kappa shape index (κ2) is 14.3. The van der Waals surface area contributed by atoms with Crippen molar-refractivity contribution >= 4 is 0 Å². The van der Waals surface area contributed by atoms with Crippen molar-refractivity contribution in [2.24, 2.45) is 0 Å². The van der Waals surface area contributed by atoms with E-state index in [1.54, 1.807) is 0 Å². The van der Waals surface area contributed by atoms with Crippen LogP contribution >= 0.6 is 0 Å². The zero-order valence-electron chi connectivity index (χ0n) is 13.3. The minimum absolute atomic E-state index is 0.375. The van der Waals surface area contributed by atoms with Crippen molar-refractivity contribution in [1.29, 1.82) is 0 Å². The Labute approximate surface area is 120 Å². The van der Waals surface area contributed by atoms with Crippen LogP contribution in [0.5, 0.6) is 0 Å². The van der Waals surface area contributed by atoms with Crippen LogP contribution in [0.4, 0.5) is 0 Å². The van der Waals surface area contributed by atoms with Gasteiger partial charge in [0.2, 0.25) is 0 Å². The normalized spacial score (nSPS) is 14.5. The Morgan fingerprint density at radius 2 is 1.68 bits per heavy atom. The lowest BCUT2D eigenvalue weighted by molar-refractivity contribution is 0.0342. The Kier molecular flexibility index (Phi) is 14.2. The standard InChI is InChI=1S/C16H35NO2/c1-4-6-8-10-12-19-14-16(18)13-17-15(3)11-9-7-5-2/h15-18H,4-14H2,1-3H3. The minimum Gasteiger partial charge on any atom is -0.389 e. The lowest BCUT2D eigenvalue weighted by Crippen LogP contribution is -2.36. The molecule has 0 fully saturated rings. The molecule has 3 nitrogen and oxygen atoms in total. The van der Waals surface area contributed by atoms with Crippen LogP contribution in [0, 0.1) is 0 Å². The number of unbranched alkanes of at least 4 members (excludes halogenated alkanes) is 5. The van der Waals surface area contributed by atoms with Gasteiger partial charge in [-0.2, -0.15) is 0 Å². The van der Waals surface area contributed by atoms with E-state index < -0.39 is 0 Å². The van der Waals surface area contributed by atoms with E-state index in [1.807, 2.05) is 0 Å². The van der Waals surface area contributed by atoms with Crippen LogP contribution in [-0.4, -0.2) is 37.0 Å². The Morgan fingerprint density at radius 1 is 1.00 bits per heavy atom. The fourth-order valence-corrected chi connectivity index (χ4v) is 2.05. The van der Waals surface area contributed by atoms with Crippen molar-refractivity contribution in [3.05, 3.63) is 0 Å². The molecule has 2 atom stereocenters. The summed E-state index contributed by atoms with van der Waals surface area (Å²) in [6.45, 7) is 8.50. The van der Waals surface area contributed by atoms with E-state index >= 15 is 0 Å². The molecule has 0 aromatic rings. The SMILES string of the molecule is CCCCCCOCC(O)CNC(C)CCCCC. The first-order valence-corrected chi connectivity index (χ1v) is 8.19. The molecular weight excluding hydrogens is 238 g/mol. The molecule has 3 heteroatoms. The fraction of sp³-hybridized carbons (Fsp3) is 1.00. The number of hydrogen-bond acceptors (Lipinski definition) is 3. The third kappa shape index (κ3) is 14.1. The van der Waals surface area contributed by atoms with Gasteiger partial charge in [0.1, 0.15) is 0 Å². The van der Waals surface area contributed by atoms with E-state index in [-0.39, 0.29) is 6.10 Å². The van der Waals surface area contributed by atoms with Crippen molar-refractivity contribution < 1.29 is 9.84 Å². The molecule has 0 amide bonds. The molecule has 116 valence electrons. The van der Waals surface area contributed by atoms with E-state index in [2.05, 4.69) is 26.1 Å². The van der Waals surface area contributed by atoms with Crippen molar-refractivity contribution in [2.45, 2.75) is 84.3 Å². The second-order valence-electron chi connectivity index (χ2n) is 5.59. The van der Waals surface area contributed by atoms with E-state index in [0.29, 0.717) is 19.2 Å². The summed E-state index contributed by atoms with van der Waals surface area (Å²) in [7, 11) is 0. The van der Waals surface area contributed by atoms with Gasteiger partial charge in [-0.3, -0.25) is 0 Å². The number of nitrogens with one attached hydrogen (secondary N) is 1. The Bertz CT molecular complexity index is 176. The maximum absolute atomic E-state index is 9.78. The molecule has 0 saturated heterocycles. The van der Waals surface area contributed by atoms with Crippen LogP contribution < -0.4 is 5.32 Å². The highest BCUT2D eigenvalue weighted by atomic mass is 16.5. The molecule has 0 spiro atoms. The van der Waals surface area contributed by atoms with Crippen LogP contribution in [0.3, 0.4) is 0 Å². The van der Waals surface area contributed by atoms with Gasteiger partial charge in [0, 0.05) is 19.2 Å². The highest BCUT2D eigenvalue weighted by Gasteiger charge is 2.07. The summed E-state index contributed by atoms with van der Waals surface area (Å²) in [6, 6.07) is 0.491. The fourth-order valence-electron chi connectivity index (χ4n) is 2.05. The van der Waals surface area contributed by atoms with Crippen LogP contribution in [-0.2, 0) is 4.74 Å². The topological polar surface area (TPSA) is 41.5 Å². The summed E-state index contributed by atoms with van der Waals surface area (Å²) in [5, 5.41) is 13.2. The smallest absolute Gasteiger partial charge is 0.0897 e. The molecule has 0 aliphatic carbocycles. The predicted octanol–water partition coefficient (Wildman–Crippen LogP) is 3.50. The number of rotatable bonds is 14. The molecule has 0 aromatic heterocycles. The molecule has 0 saturated carbocycles. The van der Waals surface area contributed by atoms with E-state index in [9.17, 15) is 5.11 Å². The van der Waals surface area contributed by atoms with Gasteiger partial charge < -0.3 is 15.2 Å². The van der Waals surface area contributed by atoms with Gasteiger partial charge in [0.05, 0.1) is 12.7 Å². The van der Waals surface area contributed by atoms with Gasteiger partial charge in [-0.1, -0.05) is 52.4 Å². The predicted molar refractivity (Wildman–Crippen MR) is 82.6 cm³/mol. The first kappa shape index (κ1) is 18.9. The summed E-state index contributed by atoms with van der Waals surface area (Å²) < 4.78 is 5.48. The Hall–Kier alpha value is -0.120. The largest absolute Gasteiger partial charge is 0.389 e. The average Bonchev–Trinajstić information content (AvgIpc) is 2.40. The van der Waals surface area contributed by atoms with Crippen LogP contribution in [0.25, 0.3) is 0 Å². The number of aliphatic hydroxyl groups is 1. The van der Waals surface area contributed by atoms with Crippen molar-refractivity contribution in [2.75, 3.05) is 19.8 Å². The first-order valence-electron chi connectivity index (χ1n) is 8.19. The Balaban J connectivity index is 3.30. The van der Waals surface area contributed by atoms with Gasteiger partial charge in [0.25, 0.3) is 0 Å². The quantitative estimate of drug-likeness (QED) is 0.476. The van der Waals surface area contributed by atoms with E-state index in [0.717, 1.165) is 13.0 Å². The lowest BCUT2D eigenvalue weighted by atomic mass is 10.1. The minimum atomic E-state index is -0.375. The van der Waals surface area contributed by atoms with Crippen LogP contribution in [0.15, 0.2) is 0 Å². The summed E-state index contributed by atoms with van der Waals surface area (Å²) in [6.07, 6.45) is 9.54. The van der Waals surface area contributed by atoms with Crippen molar-refractivity contribution in [3.8, 4) is 0 Å². The molecule has 0 bridgehead atoms. The molecule has 0 rings (SSSR count). The highest BCUT2D eigenvalue weighted by Crippen LogP contribution is 2.03. The molecular formula is C16H35NO2. The van der Waals surface area contributed by atoms with Crippen molar-refractivity contribution in [3.63, 3.8) is 0 Å². The van der Waals surface area contributed by atoms with E-state index in [4.69, 9.17) is 4.74 Å². The molecule has 0 aliphatic rings. The molecule has 2 N–H and O–H groups in total. The summed E-state index contributed by atoms with van der Waals surface area (Å²) in [5.41, 5.74) is 0. The molecule has 0 aromatic carbocycles. The van der Waals surface area contributed by atoms with Crippen LogP contribution in [0.2, 0.25) is 0 Å². The molecule has 19 heavy (non-hydrogen) atoms. The van der Waals surface area contributed by atoms with Gasteiger partial charge in [0.15, 0.2) is 0 Å². The first-order chi connectivity index (χ1) is 9.20. The maximum atomic E-state index is 9.78. The maximum Gasteiger partial charge on any atom is 0.0897 e. The molecule has 2 unspecified atom stereocenters. The van der Waals surface area contributed by atoms with Gasteiger partial charge in [-0.25, -0.2) is 0 Å². The zero-order valence-corrected chi connectivity index (χ0v) is 13.3. The second-order valence-corrected chi connectivity index (χ2v) is 5.59. The highest BCUT2D eigenvalue weighted by molar-refractivity contribution is 4.65. The van der Waals surface area contributed by atoms with Crippen LogP contribution in [0.1, 0.15) is 72.1 Å². The van der Waals surface area contributed by atoms with Gasteiger partial charge in [-0.05, 0) is 19.8 Å². The summed E-state index contributed by atoms with van der Waals surface area (Å²) in [4.78, 5) is 0. The van der Waals surface area contributed by atoms with E-state index in [1.165, 1.54) is 44.9 Å². The summed E-state index contributed by atoms with van der Waals surface area (Å²) >= 11 is 0. The lowest BCUT2D eigenvalue weighted by Gasteiger charge is -2.17. The number of aliphatic hydroxyl groups excluding tert-OH is 1. The van der Waals surface area contributed by atoms with Gasteiger partial charge in [-0.15, -0.1) is 0 Å². The Morgan fingerprint density at radius 3 is 2.37 bits per heavy atom. The molecule has 0 aliphatic heterocycles. The zero-order chi connectivity index (χ0) is 14.3. The number of hydrogen-bond donors (Lipinski definition) is 2. The van der Waals surface area contributed by atoms with Gasteiger partial charge >= 0.3 is 0 Å². The molecule has 0 radical (unpaired) electrons. The summed E-state index contributed by atoms with van der Waals surface area (Å²) in [5.74, 6) is 0. The van der Waals surface area contributed by atoms with Crippen molar-refractivity contribution in [1.82, 2.24) is 5.32 Å². The molecule has 0 heterocycles. The average molecular weight is 273 g/mol. The number of ether oxygens (including phenoxy) is 1. The third-order valence-electron chi connectivity index (χ3n) is 3.40. The monoisotopic (exact) mass is 273 g/mol. The third-order valence-corrected chi connectivity index (χ3v) is 3.40.